The number of hydrogen-bond donors (Lipinski definition) is 2. The predicted molar refractivity (Wildman–Crippen MR) is 108 cm³/mol. The Labute approximate surface area is 166 Å². The van der Waals surface area contributed by atoms with Gasteiger partial charge < -0.3 is 15.0 Å². The van der Waals surface area contributed by atoms with Crippen molar-refractivity contribution < 1.29 is 13.7 Å². The maximum Gasteiger partial charge on any atom is 0.181 e. The van der Waals surface area contributed by atoms with Crippen molar-refractivity contribution in [1.29, 1.82) is 0 Å². The summed E-state index contributed by atoms with van der Waals surface area (Å²) in [6.07, 6.45) is 2.81. The molecule has 3 rings (SSSR count). The van der Waals surface area contributed by atoms with Gasteiger partial charge >= 0.3 is 0 Å². The van der Waals surface area contributed by atoms with Crippen molar-refractivity contribution >= 4 is 17.2 Å². The van der Waals surface area contributed by atoms with Crippen molar-refractivity contribution in [3.63, 3.8) is 0 Å². The Kier molecular flexibility index (Phi) is 6.58. The average Bonchev–Trinajstić information content (AvgIpc) is 2.69. The van der Waals surface area contributed by atoms with Gasteiger partial charge in [-0.15, -0.1) is 4.72 Å². The van der Waals surface area contributed by atoms with Gasteiger partial charge in [0.2, 0.25) is 0 Å². The molecule has 146 valence electrons. The van der Waals surface area contributed by atoms with Crippen molar-refractivity contribution in [3.05, 3.63) is 60.7 Å². The topological polar surface area (TPSA) is 96.1 Å². The van der Waals surface area contributed by atoms with Crippen LogP contribution >= 0.6 is 0 Å². The lowest BCUT2D eigenvalue weighted by atomic mass is 10.0. The van der Waals surface area contributed by atoms with Crippen LogP contribution in [-0.4, -0.2) is 34.3 Å². The molecule has 0 aliphatic rings. The molecule has 0 bridgehead atoms. The van der Waals surface area contributed by atoms with Gasteiger partial charge in [0, 0.05) is 18.2 Å². The number of rotatable bonds is 7. The molecule has 2 unspecified atom stereocenters. The van der Waals surface area contributed by atoms with Crippen molar-refractivity contribution in [2.45, 2.75) is 17.9 Å². The van der Waals surface area contributed by atoms with E-state index in [9.17, 15) is 8.94 Å². The van der Waals surface area contributed by atoms with Gasteiger partial charge in [-0.05, 0) is 36.8 Å². The molecule has 2 aromatic carbocycles. The Morgan fingerprint density at radius 3 is 2.64 bits per heavy atom. The minimum absolute atomic E-state index is 0.0953. The van der Waals surface area contributed by atoms with Gasteiger partial charge in [0.1, 0.15) is 11.6 Å². The predicted octanol–water partition coefficient (Wildman–Crippen LogP) is 3.18. The number of nitrogens with one attached hydrogen (secondary N) is 1. The van der Waals surface area contributed by atoms with Gasteiger partial charge in [0.25, 0.3) is 0 Å². The van der Waals surface area contributed by atoms with Crippen LogP contribution in [0, 0.1) is 5.82 Å². The second-order valence-corrected chi connectivity index (χ2v) is 7.47. The summed E-state index contributed by atoms with van der Waals surface area (Å²) < 4.78 is 35.6. The summed E-state index contributed by atoms with van der Waals surface area (Å²) >= 11 is -1.47. The third-order valence-electron chi connectivity index (χ3n) is 4.04. The van der Waals surface area contributed by atoms with E-state index in [1.807, 2.05) is 19.1 Å². The van der Waals surface area contributed by atoms with E-state index < -0.39 is 17.2 Å². The van der Waals surface area contributed by atoms with Crippen LogP contribution in [0.2, 0.25) is 0 Å². The number of aromatic nitrogens is 2. The second kappa shape index (κ2) is 9.11. The minimum Gasteiger partial charge on any atom is -0.593 e. The fraction of sp³-hybridized carbons (Fsp3) is 0.200. The minimum atomic E-state index is -1.47. The normalized spacial score (nSPS) is 13.3. The fourth-order valence-electron chi connectivity index (χ4n) is 2.76. The van der Waals surface area contributed by atoms with Crippen LogP contribution < -0.4 is 10.5 Å². The highest BCUT2D eigenvalue weighted by Crippen LogP contribution is 2.31. The number of anilines is 1. The van der Waals surface area contributed by atoms with Gasteiger partial charge in [-0.25, -0.2) is 9.37 Å². The smallest absolute Gasteiger partial charge is 0.181 e. The first-order valence-electron chi connectivity index (χ1n) is 8.63. The van der Waals surface area contributed by atoms with Gasteiger partial charge in [-0.1, -0.05) is 18.2 Å². The van der Waals surface area contributed by atoms with E-state index in [4.69, 9.17) is 10.5 Å². The monoisotopic (exact) mass is 400 g/mol. The maximum atomic E-state index is 14.8. The Morgan fingerprint density at radius 1 is 1.18 bits per heavy atom. The molecule has 0 fully saturated rings. The molecule has 0 radical (unpaired) electrons. The largest absolute Gasteiger partial charge is 0.593 e. The summed E-state index contributed by atoms with van der Waals surface area (Å²) in [5.41, 5.74) is 7.55. The standard InChI is InChI=1S/C20H21FN4O2S/c1-13(12-27-2)25-28(26)19-6-4-3-5-15(19)14-7-8-16(17(21)9-14)18-10-24-20(22)11-23-18/h3-11,13,25H,12H2,1-2H3,(H2,22,24). The van der Waals surface area contributed by atoms with Crippen LogP contribution in [0.15, 0.2) is 59.8 Å². The zero-order valence-electron chi connectivity index (χ0n) is 15.6. The Bertz CT molecular complexity index is 940. The molecule has 8 heteroatoms. The lowest BCUT2D eigenvalue weighted by Crippen LogP contribution is -2.35. The van der Waals surface area contributed by atoms with Crippen molar-refractivity contribution in [2.24, 2.45) is 0 Å². The lowest BCUT2D eigenvalue weighted by Gasteiger charge is -2.18. The van der Waals surface area contributed by atoms with Crippen LogP contribution in [0.1, 0.15) is 6.92 Å². The van der Waals surface area contributed by atoms with E-state index in [1.54, 1.807) is 31.4 Å². The first-order chi connectivity index (χ1) is 13.5. The van der Waals surface area contributed by atoms with E-state index in [0.29, 0.717) is 33.9 Å². The van der Waals surface area contributed by atoms with Crippen molar-refractivity contribution in [3.8, 4) is 22.4 Å². The van der Waals surface area contributed by atoms with Gasteiger partial charge in [0.15, 0.2) is 4.90 Å². The van der Waals surface area contributed by atoms with Crippen molar-refractivity contribution in [2.75, 3.05) is 19.5 Å². The number of nitrogens with zero attached hydrogens (tertiary/aromatic N) is 2. The molecule has 28 heavy (non-hydrogen) atoms. The summed E-state index contributed by atoms with van der Waals surface area (Å²) in [5, 5.41) is 0. The van der Waals surface area contributed by atoms with Crippen LogP contribution in [0.3, 0.4) is 0 Å². The highest BCUT2D eigenvalue weighted by atomic mass is 32.2. The molecule has 0 spiro atoms. The zero-order valence-corrected chi connectivity index (χ0v) is 16.4. The summed E-state index contributed by atoms with van der Waals surface area (Å²) in [5.74, 6) is -0.176. The molecule has 0 amide bonds. The lowest BCUT2D eigenvalue weighted by molar-refractivity contribution is 0.180. The number of ether oxygens (including phenoxy) is 1. The number of methoxy groups -OCH3 is 1. The quantitative estimate of drug-likeness (QED) is 0.592. The Balaban J connectivity index is 1.92. The zero-order chi connectivity index (χ0) is 20.1. The molecule has 3 aromatic rings. The van der Waals surface area contributed by atoms with E-state index in [1.165, 1.54) is 18.5 Å². The molecule has 0 aliphatic carbocycles. The summed E-state index contributed by atoms with van der Waals surface area (Å²) in [6, 6.07) is 11.9. The first-order valence-corrected chi connectivity index (χ1v) is 9.78. The summed E-state index contributed by atoms with van der Waals surface area (Å²) in [7, 11) is 1.59. The Morgan fingerprint density at radius 2 is 1.96 bits per heavy atom. The highest BCUT2D eigenvalue weighted by Gasteiger charge is 2.21. The van der Waals surface area contributed by atoms with Gasteiger partial charge in [-0.2, -0.15) is 0 Å². The molecular formula is C20H21FN4O2S. The fourth-order valence-corrected chi connectivity index (χ4v) is 3.91. The number of benzene rings is 2. The Hall–Kier alpha value is -2.52. The van der Waals surface area contributed by atoms with E-state index in [2.05, 4.69) is 14.7 Å². The molecule has 6 nitrogen and oxygen atoms in total. The van der Waals surface area contributed by atoms with Gasteiger partial charge in [0.05, 0.1) is 42.1 Å². The van der Waals surface area contributed by atoms with Crippen molar-refractivity contribution in [1.82, 2.24) is 14.7 Å². The number of hydrogen-bond acceptors (Lipinski definition) is 6. The highest BCUT2D eigenvalue weighted by molar-refractivity contribution is 7.89. The molecule has 0 saturated carbocycles. The van der Waals surface area contributed by atoms with Crippen LogP contribution in [-0.2, 0) is 16.1 Å². The van der Waals surface area contributed by atoms with Crippen LogP contribution in [0.4, 0.5) is 10.2 Å². The molecule has 1 heterocycles. The SMILES string of the molecule is COCC(C)N[S+]([O-])c1ccccc1-c1ccc(-c2cnc(N)cn2)c(F)c1. The first kappa shape index (κ1) is 20.2. The number of nitrogens with two attached hydrogens (primary N) is 1. The van der Waals surface area contributed by atoms with Crippen LogP contribution in [0.5, 0.6) is 0 Å². The maximum absolute atomic E-state index is 14.8. The van der Waals surface area contributed by atoms with Gasteiger partial charge in [-0.3, -0.25) is 4.98 Å². The molecule has 0 saturated heterocycles. The van der Waals surface area contributed by atoms with E-state index in [-0.39, 0.29) is 11.9 Å². The molecule has 2 atom stereocenters. The van der Waals surface area contributed by atoms with E-state index >= 15 is 0 Å². The third kappa shape index (κ3) is 4.66. The summed E-state index contributed by atoms with van der Waals surface area (Å²) in [6.45, 7) is 2.31. The molecule has 3 N–H and O–H groups in total. The number of nitrogen functional groups attached to an aromatic ring is 1. The molecule has 0 aliphatic heterocycles. The van der Waals surface area contributed by atoms with Crippen LogP contribution in [0.25, 0.3) is 22.4 Å². The van der Waals surface area contributed by atoms with E-state index in [0.717, 1.165) is 0 Å². The molecule has 1 aromatic heterocycles. The average molecular weight is 400 g/mol. The number of halogens is 1. The molecular weight excluding hydrogens is 379 g/mol. The third-order valence-corrected chi connectivity index (χ3v) is 5.41. The summed E-state index contributed by atoms with van der Waals surface area (Å²) in [4.78, 5) is 8.63. The second-order valence-electron chi connectivity index (χ2n) is 6.26.